The van der Waals surface area contributed by atoms with Crippen molar-refractivity contribution in [3.8, 4) is 0 Å². The minimum absolute atomic E-state index is 0.564. The third-order valence-corrected chi connectivity index (χ3v) is 3.05. The smallest absolute Gasteiger partial charge is 0.0717 e. The number of halogens is 1. The molecule has 0 radical (unpaired) electrons. The Labute approximate surface area is 112 Å². The number of nitrogens with two attached hydrogens (primary N) is 1. The van der Waals surface area contributed by atoms with E-state index in [2.05, 4.69) is 12.1 Å². The fourth-order valence-electron chi connectivity index (χ4n) is 1.71. The van der Waals surface area contributed by atoms with Crippen LogP contribution in [0, 0.1) is 0 Å². The van der Waals surface area contributed by atoms with Crippen LogP contribution in [0.1, 0.15) is 11.1 Å². The van der Waals surface area contributed by atoms with E-state index in [1.165, 1.54) is 5.56 Å². The van der Waals surface area contributed by atoms with Crippen molar-refractivity contribution in [3.05, 3.63) is 64.7 Å². The van der Waals surface area contributed by atoms with Crippen molar-refractivity contribution in [2.24, 2.45) is 0 Å². The van der Waals surface area contributed by atoms with E-state index in [1.807, 2.05) is 30.3 Å². The Morgan fingerprint density at radius 1 is 1.00 bits per heavy atom. The van der Waals surface area contributed by atoms with Crippen molar-refractivity contribution >= 4 is 17.3 Å². The first-order valence-corrected chi connectivity index (χ1v) is 6.29. The average molecular weight is 262 g/mol. The molecule has 0 saturated carbocycles. The summed E-state index contributed by atoms with van der Waals surface area (Å²) in [5, 5.41) is 0.586. The number of anilines is 1. The first kappa shape index (κ1) is 12.9. The van der Waals surface area contributed by atoms with Gasteiger partial charge in [-0.05, 0) is 29.7 Å². The zero-order valence-corrected chi connectivity index (χ0v) is 10.9. The summed E-state index contributed by atoms with van der Waals surface area (Å²) in [5.74, 6) is 0. The Balaban J connectivity index is 1.77. The zero-order chi connectivity index (χ0) is 12.8. The van der Waals surface area contributed by atoms with Gasteiger partial charge in [-0.3, -0.25) is 0 Å². The minimum Gasteiger partial charge on any atom is -0.398 e. The van der Waals surface area contributed by atoms with Crippen molar-refractivity contribution in [3.63, 3.8) is 0 Å². The van der Waals surface area contributed by atoms with Crippen molar-refractivity contribution in [2.75, 3.05) is 12.3 Å². The van der Waals surface area contributed by atoms with E-state index >= 15 is 0 Å². The maximum absolute atomic E-state index is 5.86. The second-order valence-corrected chi connectivity index (χ2v) is 4.55. The monoisotopic (exact) mass is 261 g/mol. The molecule has 94 valence electrons. The molecule has 0 aliphatic rings. The Kier molecular flexibility index (Phi) is 4.62. The lowest BCUT2D eigenvalue weighted by Gasteiger charge is -2.06. The number of ether oxygens (including phenoxy) is 1. The molecule has 0 bridgehead atoms. The molecule has 0 aromatic heterocycles. The van der Waals surface area contributed by atoms with Crippen molar-refractivity contribution in [2.45, 2.75) is 13.0 Å². The third kappa shape index (κ3) is 3.76. The number of hydrogen-bond donors (Lipinski definition) is 1. The van der Waals surface area contributed by atoms with Crippen LogP contribution in [0.4, 0.5) is 5.69 Å². The van der Waals surface area contributed by atoms with Gasteiger partial charge in [0.05, 0.1) is 23.9 Å². The van der Waals surface area contributed by atoms with Gasteiger partial charge in [0.25, 0.3) is 0 Å². The van der Waals surface area contributed by atoms with Gasteiger partial charge in [-0.1, -0.05) is 48.0 Å². The van der Waals surface area contributed by atoms with E-state index in [4.69, 9.17) is 22.1 Å². The summed E-state index contributed by atoms with van der Waals surface area (Å²) >= 11 is 5.86. The fourth-order valence-corrected chi connectivity index (χ4v) is 1.83. The summed E-state index contributed by atoms with van der Waals surface area (Å²) in [4.78, 5) is 0. The number of nitrogen functional groups attached to an aromatic ring is 1. The summed E-state index contributed by atoms with van der Waals surface area (Å²) < 4.78 is 5.62. The highest BCUT2D eigenvalue weighted by Gasteiger charge is 1.99. The second-order valence-electron chi connectivity index (χ2n) is 4.14. The Bertz CT molecular complexity index is 499. The zero-order valence-electron chi connectivity index (χ0n) is 10.1. The van der Waals surface area contributed by atoms with E-state index in [9.17, 15) is 0 Å². The molecular formula is C15H16ClNO. The normalized spacial score (nSPS) is 10.5. The SMILES string of the molecule is Nc1cc(COCCc2ccccc2)ccc1Cl. The molecule has 0 spiro atoms. The Morgan fingerprint density at radius 2 is 1.78 bits per heavy atom. The summed E-state index contributed by atoms with van der Waals surface area (Å²) in [6.07, 6.45) is 0.921. The number of hydrogen-bond acceptors (Lipinski definition) is 2. The molecular weight excluding hydrogens is 246 g/mol. The molecule has 0 saturated heterocycles. The van der Waals surface area contributed by atoms with Gasteiger partial charge in [0.2, 0.25) is 0 Å². The van der Waals surface area contributed by atoms with Crippen LogP contribution >= 0.6 is 11.6 Å². The molecule has 0 aliphatic heterocycles. The predicted octanol–water partition coefficient (Wildman–Crippen LogP) is 3.68. The lowest BCUT2D eigenvalue weighted by molar-refractivity contribution is 0.124. The van der Waals surface area contributed by atoms with E-state index < -0.39 is 0 Å². The summed E-state index contributed by atoms with van der Waals surface area (Å²) in [7, 11) is 0. The van der Waals surface area contributed by atoms with Crippen LogP contribution in [-0.4, -0.2) is 6.61 Å². The van der Waals surface area contributed by atoms with Crippen LogP contribution in [0.3, 0.4) is 0 Å². The highest BCUT2D eigenvalue weighted by atomic mass is 35.5. The van der Waals surface area contributed by atoms with Crippen LogP contribution in [0.25, 0.3) is 0 Å². The standard InChI is InChI=1S/C15H16ClNO/c16-14-7-6-13(10-15(14)17)11-18-9-8-12-4-2-1-3-5-12/h1-7,10H,8-9,11,17H2. The quantitative estimate of drug-likeness (QED) is 0.658. The van der Waals surface area contributed by atoms with E-state index in [1.54, 1.807) is 6.07 Å². The van der Waals surface area contributed by atoms with Gasteiger partial charge < -0.3 is 10.5 Å². The van der Waals surface area contributed by atoms with E-state index in [-0.39, 0.29) is 0 Å². The average Bonchev–Trinajstić information content (AvgIpc) is 2.40. The largest absolute Gasteiger partial charge is 0.398 e. The highest BCUT2D eigenvalue weighted by Crippen LogP contribution is 2.19. The second kappa shape index (κ2) is 6.43. The van der Waals surface area contributed by atoms with Crippen molar-refractivity contribution in [1.82, 2.24) is 0 Å². The summed E-state index contributed by atoms with van der Waals surface area (Å²) in [6, 6.07) is 15.9. The molecule has 3 heteroatoms. The fraction of sp³-hybridized carbons (Fsp3) is 0.200. The Hall–Kier alpha value is -1.51. The summed E-state index contributed by atoms with van der Waals surface area (Å²) in [6.45, 7) is 1.26. The first-order valence-electron chi connectivity index (χ1n) is 5.91. The van der Waals surface area contributed by atoms with Gasteiger partial charge in [-0.25, -0.2) is 0 Å². The van der Waals surface area contributed by atoms with Gasteiger partial charge in [-0.2, -0.15) is 0 Å². The molecule has 2 N–H and O–H groups in total. The number of benzene rings is 2. The first-order chi connectivity index (χ1) is 8.75. The Morgan fingerprint density at radius 3 is 2.50 bits per heavy atom. The molecule has 2 nitrogen and oxygen atoms in total. The molecule has 2 aromatic carbocycles. The van der Waals surface area contributed by atoms with Gasteiger partial charge in [0.1, 0.15) is 0 Å². The lowest BCUT2D eigenvalue weighted by Crippen LogP contribution is -1.99. The maximum Gasteiger partial charge on any atom is 0.0717 e. The van der Waals surface area contributed by atoms with Crippen LogP contribution in [-0.2, 0) is 17.8 Å². The predicted molar refractivity (Wildman–Crippen MR) is 75.7 cm³/mol. The van der Waals surface area contributed by atoms with Gasteiger partial charge in [-0.15, -0.1) is 0 Å². The minimum atomic E-state index is 0.564. The van der Waals surface area contributed by atoms with Gasteiger partial charge in [0, 0.05) is 0 Å². The van der Waals surface area contributed by atoms with E-state index in [0.717, 1.165) is 12.0 Å². The van der Waals surface area contributed by atoms with Crippen LogP contribution in [0.2, 0.25) is 5.02 Å². The summed E-state index contributed by atoms with van der Waals surface area (Å²) in [5.41, 5.74) is 8.66. The van der Waals surface area contributed by atoms with Crippen LogP contribution in [0.15, 0.2) is 48.5 Å². The van der Waals surface area contributed by atoms with Crippen LogP contribution in [0.5, 0.6) is 0 Å². The molecule has 0 heterocycles. The topological polar surface area (TPSA) is 35.2 Å². The molecule has 0 aliphatic carbocycles. The molecule has 2 rings (SSSR count). The highest BCUT2D eigenvalue weighted by molar-refractivity contribution is 6.33. The molecule has 0 fully saturated rings. The van der Waals surface area contributed by atoms with Gasteiger partial charge in [0.15, 0.2) is 0 Å². The molecule has 18 heavy (non-hydrogen) atoms. The van der Waals surface area contributed by atoms with Crippen molar-refractivity contribution < 1.29 is 4.74 Å². The van der Waals surface area contributed by atoms with E-state index in [0.29, 0.717) is 23.9 Å². The molecule has 0 amide bonds. The van der Waals surface area contributed by atoms with Crippen molar-refractivity contribution in [1.29, 1.82) is 0 Å². The molecule has 0 atom stereocenters. The van der Waals surface area contributed by atoms with Gasteiger partial charge >= 0.3 is 0 Å². The maximum atomic E-state index is 5.86. The molecule has 0 unspecified atom stereocenters. The van der Waals surface area contributed by atoms with Crippen LogP contribution < -0.4 is 5.73 Å². The molecule has 2 aromatic rings. The lowest BCUT2D eigenvalue weighted by atomic mass is 10.2. The number of rotatable bonds is 5. The third-order valence-electron chi connectivity index (χ3n) is 2.71.